The van der Waals surface area contributed by atoms with E-state index in [9.17, 15) is 0 Å². The second-order valence-corrected chi connectivity index (χ2v) is 6.53. The number of aromatic nitrogens is 2. The van der Waals surface area contributed by atoms with Crippen molar-refractivity contribution in [2.45, 2.75) is 13.3 Å². The van der Waals surface area contributed by atoms with Gasteiger partial charge in [-0.05, 0) is 49.2 Å². The van der Waals surface area contributed by atoms with Gasteiger partial charge in [-0.15, -0.1) is 0 Å². The molecular weight excluding hydrogens is 355 g/mol. The van der Waals surface area contributed by atoms with Gasteiger partial charge in [-0.3, -0.25) is 0 Å². The molecule has 0 amide bonds. The van der Waals surface area contributed by atoms with Crippen molar-refractivity contribution in [2.75, 3.05) is 17.2 Å². The zero-order chi connectivity index (χ0) is 17.6. The first kappa shape index (κ1) is 17.5. The van der Waals surface area contributed by atoms with Gasteiger partial charge in [0.15, 0.2) is 0 Å². The zero-order valence-corrected chi connectivity index (χ0v) is 15.3. The van der Waals surface area contributed by atoms with Gasteiger partial charge >= 0.3 is 0 Å². The van der Waals surface area contributed by atoms with Gasteiger partial charge in [-0.1, -0.05) is 41.4 Å². The summed E-state index contributed by atoms with van der Waals surface area (Å²) >= 11 is 11.9. The van der Waals surface area contributed by atoms with E-state index in [0.29, 0.717) is 11.0 Å². The quantitative estimate of drug-likeness (QED) is 0.600. The van der Waals surface area contributed by atoms with Crippen molar-refractivity contribution >= 4 is 40.7 Å². The van der Waals surface area contributed by atoms with Crippen molar-refractivity contribution in [1.29, 1.82) is 0 Å². The Bertz CT molecular complexity index is 850. The lowest BCUT2D eigenvalue weighted by atomic mass is 10.1. The Morgan fingerprint density at radius 3 is 2.48 bits per heavy atom. The van der Waals surface area contributed by atoms with Crippen LogP contribution < -0.4 is 10.6 Å². The van der Waals surface area contributed by atoms with Crippen LogP contribution in [0, 0.1) is 6.92 Å². The molecule has 3 aromatic rings. The summed E-state index contributed by atoms with van der Waals surface area (Å²) < 4.78 is 0. The second-order valence-electron chi connectivity index (χ2n) is 5.66. The van der Waals surface area contributed by atoms with Crippen molar-refractivity contribution in [3.05, 3.63) is 75.9 Å². The number of anilines is 3. The summed E-state index contributed by atoms with van der Waals surface area (Å²) in [6.45, 7) is 2.71. The topological polar surface area (TPSA) is 49.8 Å². The molecule has 25 heavy (non-hydrogen) atoms. The predicted molar refractivity (Wildman–Crippen MR) is 105 cm³/mol. The Morgan fingerprint density at radius 2 is 1.72 bits per heavy atom. The van der Waals surface area contributed by atoms with Crippen LogP contribution in [0.3, 0.4) is 0 Å². The lowest BCUT2D eigenvalue weighted by molar-refractivity contribution is 0.995. The molecule has 128 valence electrons. The predicted octanol–water partition coefficient (Wildman–Crippen LogP) is 5.49. The molecule has 0 unspecified atom stereocenters. The first-order chi connectivity index (χ1) is 12.1. The minimum atomic E-state index is 0.538. The van der Waals surface area contributed by atoms with Crippen LogP contribution in [0.25, 0.3) is 0 Å². The Labute approximate surface area is 157 Å². The summed E-state index contributed by atoms with van der Waals surface area (Å²) in [5.41, 5.74) is 2.96. The highest BCUT2D eigenvalue weighted by atomic mass is 35.5. The summed E-state index contributed by atoms with van der Waals surface area (Å²) in [4.78, 5) is 8.92. The monoisotopic (exact) mass is 372 g/mol. The summed E-state index contributed by atoms with van der Waals surface area (Å²) in [7, 11) is 0. The van der Waals surface area contributed by atoms with E-state index in [2.05, 4.69) is 20.6 Å². The normalized spacial score (nSPS) is 10.5. The minimum absolute atomic E-state index is 0.538. The number of nitrogens with one attached hydrogen (secondary N) is 2. The fourth-order valence-corrected chi connectivity index (χ4v) is 2.71. The summed E-state index contributed by atoms with van der Waals surface area (Å²) in [6.07, 6.45) is 0.886. The van der Waals surface area contributed by atoms with E-state index < -0.39 is 0 Å². The third-order valence-electron chi connectivity index (χ3n) is 3.57. The molecule has 0 spiro atoms. The average Bonchev–Trinajstić information content (AvgIpc) is 2.56. The van der Waals surface area contributed by atoms with E-state index in [1.54, 1.807) is 0 Å². The molecular formula is C19H18Cl2N4. The van der Waals surface area contributed by atoms with Crippen LogP contribution in [0.15, 0.2) is 54.6 Å². The maximum Gasteiger partial charge on any atom is 0.229 e. The van der Waals surface area contributed by atoms with E-state index in [1.807, 2.05) is 61.5 Å². The van der Waals surface area contributed by atoms with Crippen LogP contribution in [-0.4, -0.2) is 16.5 Å². The van der Waals surface area contributed by atoms with Gasteiger partial charge in [0.25, 0.3) is 0 Å². The fourth-order valence-electron chi connectivity index (χ4n) is 2.40. The highest BCUT2D eigenvalue weighted by molar-refractivity contribution is 6.31. The smallest absolute Gasteiger partial charge is 0.229 e. The minimum Gasteiger partial charge on any atom is -0.370 e. The number of nitrogens with zero attached hydrogens (tertiary/aromatic N) is 2. The SMILES string of the molecule is Cc1cc(NCCc2ccc(Cl)cc2)nc(Nc2cccc(Cl)c2)n1. The second kappa shape index (κ2) is 8.19. The molecule has 4 nitrogen and oxygen atoms in total. The molecule has 0 saturated carbocycles. The molecule has 0 atom stereocenters. The van der Waals surface area contributed by atoms with Gasteiger partial charge in [-0.25, -0.2) is 4.98 Å². The number of hydrogen-bond donors (Lipinski definition) is 2. The number of halogens is 2. The van der Waals surface area contributed by atoms with Crippen LogP contribution in [0.2, 0.25) is 10.0 Å². The van der Waals surface area contributed by atoms with Crippen LogP contribution in [0.5, 0.6) is 0 Å². The molecule has 0 aliphatic rings. The van der Waals surface area contributed by atoms with Crippen molar-refractivity contribution in [3.8, 4) is 0 Å². The first-order valence-electron chi connectivity index (χ1n) is 7.95. The third kappa shape index (κ3) is 5.34. The third-order valence-corrected chi connectivity index (χ3v) is 4.06. The Kier molecular flexibility index (Phi) is 5.74. The molecule has 3 rings (SSSR count). The molecule has 0 aliphatic heterocycles. The maximum absolute atomic E-state index is 6.01. The number of rotatable bonds is 6. The molecule has 0 aliphatic carbocycles. The van der Waals surface area contributed by atoms with E-state index in [0.717, 1.165) is 35.2 Å². The van der Waals surface area contributed by atoms with Gasteiger partial charge in [0.2, 0.25) is 5.95 Å². The molecule has 0 fully saturated rings. The van der Waals surface area contributed by atoms with Gasteiger partial charge in [0.05, 0.1) is 0 Å². The van der Waals surface area contributed by atoms with Crippen molar-refractivity contribution in [2.24, 2.45) is 0 Å². The number of benzene rings is 2. The summed E-state index contributed by atoms with van der Waals surface area (Å²) in [5.74, 6) is 1.32. The standard InChI is InChI=1S/C19H18Cl2N4/c1-13-11-18(22-10-9-14-5-7-15(20)8-6-14)25-19(23-13)24-17-4-2-3-16(21)12-17/h2-8,11-12H,9-10H2,1H3,(H2,22,23,24,25). The van der Waals surface area contributed by atoms with E-state index in [1.165, 1.54) is 5.56 Å². The lowest BCUT2D eigenvalue weighted by Gasteiger charge is -2.10. The number of aryl methyl sites for hydroxylation is 1. The molecule has 2 aromatic carbocycles. The van der Waals surface area contributed by atoms with Crippen LogP contribution in [-0.2, 0) is 6.42 Å². The largest absolute Gasteiger partial charge is 0.370 e. The van der Waals surface area contributed by atoms with Gasteiger partial charge in [-0.2, -0.15) is 4.98 Å². The van der Waals surface area contributed by atoms with Crippen molar-refractivity contribution in [1.82, 2.24) is 9.97 Å². The lowest BCUT2D eigenvalue weighted by Crippen LogP contribution is -2.08. The highest BCUT2D eigenvalue weighted by Crippen LogP contribution is 2.19. The molecule has 1 heterocycles. The van der Waals surface area contributed by atoms with Crippen LogP contribution in [0.1, 0.15) is 11.3 Å². The van der Waals surface area contributed by atoms with Gasteiger partial charge in [0.1, 0.15) is 5.82 Å². The Hall–Kier alpha value is -2.30. The Balaban J connectivity index is 1.63. The average molecular weight is 373 g/mol. The maximum atomic E-state index is 6.01. The molecule has 0 bridgehead atoms. The van der Waals surface area contributed by atoms with E-state index in [4.69, 9.17) is 23.2 Å². The summed E-state index contributed by atoms with van der Waals surface area (Å²) in [6, 6.07) is 17.2. The molecule has 0 saturated heterocycles. The Morgan fingerprint density at radius 1 is 0.920 bits per heavy atom. The molecule has 0 radical (unpaired) electrons. The highest BCUT2D eigenvalue weighted by Gasteiger charge is 2.03. The van der Waals surface area contributed by atoms with Gasteiger partial charge in [0, 0.05) is 34.0 Å². The first-order valence-corrected chi connectivity index (χ1v) is 8.71. The van der Waals surface area contributed by atoms with Crippen molar-refractivity contribution in [3.63, 3.8) is 0 Å². The van der Waals surface area contributed by atoms with E-state index in [-0.39, 0.29) is 0 Å². The fraction of sp³-hybridized carbons (Fsp3) is 0.158. The molecule has 1 aromatic heterocycles. The number of hydrogen-bond acceptors (Lipinski definition) is 4. The van der Waals surface area contributed by atoms with E-state index >= 15 is 0 Å². The summed E-state index contributed by atoms with van der Waals surface area (Å²) in [5, 5.41) is 7.93. The van der Waals surface area contributed by atoms with Gasteiger partial charge < -0.3 is 10.6 Å². The molecule has 2 N–H and O–H groups in total. The van der Waals surface area contributed by atoms with Crippen LogP contribution >= 0.6 is 23.2 Å². The van der Waals surface area contributed by atoms with Crippen LogP contribution in [0.4, 0.5) is 17.5 Å². The zero-order valence-electron chi connectivity index (χ0n) is 13.8. The molecule has 6 heteroatoms. The van der Waals surface area contributed by atoms with Crippen molar-refractivity contribution < 1.29 is 0 Å².